The summed E-state index contributed by atoms with van der Waals surface area (Å²) < 4.78 is 4.56. The number of esters is 1. The first-order chi connectivity index (χ1) is 8.02. The number of hydrogen-bond donors (Lipinski definition) is 2. The third-order valence-electron chi connectivity index (χ3n) is 2.24. The van der Waals surface area contributed by atoms with Crippen molar-refractivity contribution < 1.29 is 9.53 Å². The van der Waals surface area contributed by atoms with E-state index in [-0.39, 0.29) is 12.4 Å². The second-order valence-corrected chi connectivity index (χ2v) is 3.78. The van der Waals surface area contributed by atoms with E-state index in [1.54, 1.807) is 37.3 Å². The molecule has 0 aliphatic carbocycles. The highest BCUT2D eigenvalue weighted by atomic mass is 16.5. The molecule has 0 atom stereocenters. The summed E-state index contributed by atoms with van der Waals surface area (Å²) in [6.07, 6.45) is 1.84. The Bertz CT molecular complexity index is 464. The molecule has 1 aromatic carbocycles. The van der Waals surface area contributed by atoms with Crippen LogP contribution in [0.1, 0.15) is 18.9 Å². The minimum absolute atomic E-state index is 0.196. The number of ether oxygens (including phenoxy) is 1. The Hall–Kier alpha value is -2.10. The van der Waals surface area contributed by atoms with Crippen LogP contribution in [-0.4, -0.2) is 18.8 Å². The predicted molar refractivity (Wildman–Crippen MR) is 68.1 cm³/mol. The zero-order chi connectivity index (χ0) is 12.8. The Morgan fingerprint density at radius 1 is 1.53 bits per heavy atom. The lowest BCUT2D eigenvalue weighted by Gasteiger charge is -2.03. The lowest BCUT2D eigenvalue weighted by Crippen LogP contribution is -2.03. The standard InChI is InChI=1S/C13H16N2O2/c1-9(7-13(16)17-2)6-12(15)10-4-3-5-11(14)8-10/h3-6,8,15H,7,14H2,1-2H3/b9-6+,15-12?. The van der Waals surface area contributed by atoms with Crippen molar-refractivity contribution in [2.75, 3.05) is 12.8 Å². The van der Waals surface area contributed by atoms with Crippen LogP contribution < -0.4 is 5.73 Å². The summed E-state index contributed by atoms with van der Waals surface area (Å²) in [7, 11) is 1.35. The maximum absolute atomic E-state index is 11.0. The summed E-state index contributed by atoms with van der Waals surface area (Å²) in [5, 5.41) is 7.87. The molecule has 0 aliphatic heterocycles. The van der Waals surface area contributed by atoms with Gasteiger partial charge in [0.1, 0.15) is 0 Å². The van der Waals surface area contributed by atoms with Gasteiger partial charge >= 0.3 is 5.97 Å². The van der Waals surface area contributed by atoms with Gasteiger partial charge in [0.2, 0.25) is 0 Å². The van der Waals surface area contributed by atoms with Crippen LogP contribution in [0.4, 0.5) is 5.69 Å². The van der Waals surface area contributed by atoms with E-state index in [2.05, 4.69) is 4.74 Å². The number of hydrogen-bond acceptors (Lipinski definition) is 4. The number of carbonyl (C=O) groups excluding carboxylic acids is 1. The van der Waals surface area contributed by atoms with E-state index < -0.39 is 0 Å². The lowest BCUT2D eigenvalue weighted by atomic mass is 10.1. The van der Waals surface area contributed by atoms with Crippen LogP contribution in [0.25, 0.3) is 0 Å². The number of anilines is 1. The quantitative estimate of drug-likeness (QED) is 0.474. The van der Waals surface area contributed by atoms with Crippen molar-refractivity contribution in [3.8, 4) is 0 Å². The molecule has 4 nitrogen and oxygen atoms in total. The highest BCUT2D eigenvalue weighted by molar-refractivity contribution is 6.07. The van der Waals surface area contributed by atoms with Crippen LogP contribution in [0.2, 0.25) is 0 Å². The minimum atomic E-state index is -0.306. The molecule has 0 saturated carbocycles. The molecular weight excluding hydrogens is 216 g/mol. The number of carbonyl (C=O) groups is 1. The molecule has 0 unspecified atom stereocenters. The molecule has 0 saturated heterocycles. The molecular formula is C13H16N2O2. The second kappa shape index (κ2) is 5.84. The van der Waals surface area contributed by atoms with Crippen molar-refractivity contribution >= 4 is 17.4 Å². The zero-order valence-corrected chi connectivity index (χ0v) is 9.99. The first kappa shape index (κ1) is 13.0. The number of rotatable bonds is 4. The number of nitrogens with two attached hydrogens (primary N) is 1. The smallest absolute Gasteiger partial charge is 0.309 e. The third-order valence-corrected chi connectivity index (χ3v) is 2.24. The number of nitrogens with one attached hydrogen (secondary N) is 1. The van der Waals surface area contributed by atoms with Gasteiger partial charge in [0.05, 0.1) is 19.2 Å². The van der Waals surface area contributed by atoms with Crippen molar-refractivity contribution in [1.29, 1.82) is 5.41 Å². The van der Waals surface area contributed by atoms with Gasteiger partial charge in [-0.2, -0.15) is 0 Å². The van der Waals surface area contributed by atoms with Gasteiger partial charge in [-0.25, -0.2) is 0 Å². The van der Waals surface area contributed by atoms with Gasteiger partial charge in [-0.3, -0.25) is 4.79 Å². The van der Waals surface area contributed by atoms with Crippen LogP contribution >= 0.6 is 0 Å². The van der Waals surface area contributed by atoms with Gasteiger partial charge in [-0.05, 0) is 25.1 Å². The molecule has 0 aromatic heterocycles. The Labute approximate surface area is 101 Å². The van der Waals surface area contributed by atoms with Crippen molar-refractivity contribution in [1.82, 2.24) is 0 Å². The average molecular weight is 232 g/mol. The van der Waals surface area contributed by atoms with Crippen molar-refractivity contribution in [3.63, 3.8) is 0 Å². The molecule has 0 radical (unpaired) electrons. The summed E-state index contributed by atoms with van der Waals surface area (Å²) in [6, 6.07) is 7.09. The van der Waals surface area contributed by atoms with Crippen molar-refractivity contribution in [2.24, 2.45) is 0 Å². The zero-order valence-electron chi connectivity index (χ0n) is 9.99. The van der Waals surface area contributed by atoms with E-state index >= 15 is 0 Å². The average Bonchev–Trinajstić information content (AvgIpc) is 2.28. The molecule has 90 valence electrons. The van der Waals surface area contributed by atoms with Crippen LogP contribution in [0.5, 0.6) is 0 Å². The number of allylic oxidation sites excluding steroid dienone is 1. The minimum Gasteiger partial charge on any atom is -0.469 e. The molecule has 0 amide bonds. The first-order valence-electron chi connectivity index (χ1n) is 5.21. The third kappa shape index (κ3) is 4.10. The Morgan fingerprint density at radius 2 is 2.24 bits per heavy atom. The monoisotopic (exact) mass is 232 g/mol. The summed E-state index contributed by atoms with van der Waals surface area (Å²) in [5.41, 5.74) is 8.10. The Morgan fingerprint density at radius 3 is 2.82 bits per heavy atom. The number of methoxy groups -OCH3 is 1. The topological polar surface area (TPSA) is 76.2 Å². The molecule has 0 bridgehead atoms. The first-order valence-corrected chi connectivity index (χ1v) is 5.21. The number of benzene rings is 1. The predicted octanol–water partition coefficient (Wildman–Crippen LogP) is 2.15. The Balaban J connectivity index is 2.78. The Kier molecular flexibility index (Phi) is 4.46. The summed E-state index contributed by atoms with van der Waals surface area (Å²) in [5.74, 6) is -0.306. The summed E-state index contributed by atoms with van der Waals surface area (Å²) in [6.45, 7) is 1.79. The molecule has 0 aliphatic rings. The fourth-order valence-corrected chi connectivity index (χ4v) is 1.39. The summed E-state index contributed by atoms with van der Waals surface area (Å²) >= 11 is 0. The van der Waals surface area contributed by atoms with E-state index in [1.165, 1.54) is 7.11 Å². The van der Waals surface area contributed by atoms with Crippen LogP contribution in [0.15, 0.2) is 35.9 Å². The van der Waals surface area contributed by atoms with Gasteiger partial charge in [0, 0.05) is 11.3 Å². The molecule has 0 heterocycles. The fraction of sp³-hybridized carbons (Fsp3) is 0.231. The maximum Gasteiger partial charge on any atom is 0.309 e. The van der Waals surface area contributed by atoms with E-state index in [9.17, 15) is 4.79 Å². The van der Waals surface area contributed by atoms with Crippen LogP contribution in [-0.2, 0) is 9.53 Å². The molecule has 1 aromatic rings. The van der Waals surface area contributed by atoms with E-state index in [4.69, 9.17) is 11.1 Å². The fourth-order valence-electron chi connectivity index (χ4n) is 1.39. The maximum atomic E-state index is 11.0. The normalized spacial score (nSPS) is 11.1. The van der Waals surface area contributed by atoms with E-state index in [0.717, 1.165) is 11.1 Å². The van der Waals surface area contributed by atoms with Gasteiger partial charge in [0.25, 0.3) is 0 Å². The van der Waals surface area contributed by atoms with E-state index in [1.807, 2.05) is 0 Å². The van der Waals surface area contributed by atoms with Crippen molar-refractivity contribution in [3.05, 3.63) is 41.5 Å². The van der Waals surface area contributed by atoms with Gasteiger partial charge in [-0.1, -0.05) is 17.7 Å². The van der Waals surface area contributed by atoms with Gasteiger partial charge < -0.3 is 15.9 Å². The molecule has 17 heavy (non-hydrogen) atoms. The lowest BCUT2D eigenvalue weighted by molar-refractivity contribution is -0.139. The molecule has 0 fully saturated rings. The molecule has 1 rings (SSSR count). The molecule has 0 spiro atoms. The van der Waals surface area contributed by atoms with Gasteiger partial charge in [-0.15, -0.1) is 0 Å². The SMILES string of the molecule is COC(=O)C/C(C)=C/C(=N)c1cccc(N)c1. The summed E-state index contributed by atoms with van der Waals surface area (Å²) in [4.78, 5) is 11.0. The van der Waals surface area contributed by atoms with Gasteiger partial charge in [0.15, 0.2) is 0 Å². The van der Waals surface area contributed by atoms with Crippen molar-refractivity contribution in [2.45, 2.75) is 13.3 Å². The highest BCUT2D eigenvalue weighted by Crippen LogP contribution is 2.10. The largest absolute Gasteiger partial charge is 0.469 e. The van der Waals surface area contributed by atoms with Crippen LogP contribution in [0, 0.1) is 5.41 Å². The highest BCUT2D eigenvalue weighted by Gasteiger charge is 2.04. The van der Waals surface area contributed by atoms with Crippen LogP contribution in [0.3, 0.4) is 0 Å². The number of nitrogen functional groups attached to an aromatic ring is 1. The van der Waals surface area contributed by atoms with E-state index in [0.29, 0.717) is 11.4 Å². The second-order valence-electron chi connectivity index (χ2n) is 3.78. The molecule has 4 heteroatoms. The molecule has 3 N–H and O–H groups in total.